The lowest BCUT2D eigenvalue weighted by Gasteiger charge is -2.27. The third-order valence-electron chi connectivity index (χ3n) is 3.42. The predicted octanol–water partition coefficient (Wildman–Crippen LogP) is 2.14. The molecule has 2 atom stereocenters. The molecule has 0 bridgehead atoms. The molecular weight excluding hydrogens is 308 g/mol. The molecule has 0 aliphatic carbocycles. The summed E-state index contributed by atoms with van der Waals surface area (Å²) in [6.07, 6.45) is 0.436. The minimum absolute atomic E-state index is 0.0881. The zero-order chi connectivity index (χ0) is 14.2. The second-order valence-electron chi connectivity index (χ2n) is 4.68. The molecule has 2 rings (SSSR count). The van der Waals surface area contributed by atoms with E-state index >= 15 is 0 Å². The van der Waals surface area contributed by atoms with Crippen LogP contribution in [0.2, 0.25) is 0 Å². The van der Waals surface area contributed by atoms with E-state index in [0.717, 1.165) is 21.4 Å². The molecule has 0 radical (unpaired) electrons. The number of carbonyl (C=O) groups excluding carboxylic acids is 1. The van der Waals surface area contributed by atoms with Gasteiger partial charge in [0.2, 0.25) is 5.91 Å². The van der Waals surface area contributed by atoms with Crippen LogP contribution in [0.1, 0.15) is 24.9 Å². The van der Waals surface area contributed by atoms with Crippen LogP contribution in [0.4, 0.5) is 11.4 Å². The van der Waals surface area contributed by atoms with Gasteiger partial charge in [-0.25, -0.2) is 0 Å². The molecule has 1 aromatic rings. The summed E-state index contributed by atoms with van der Waals surface area (Å²) in [4.78, 5) is 13.6. The van der Waals surface area contributed by atoms with Crippen molar-refractivity contribution in [3.63, 3.8) is 0 Å². The number of anilines is 2. The molecule has 6 heteroatoms. The lowest BCUT2D eigenvalue weighted by molar-refractivity contribution is -0.116. The van der Waals surface area contributed by atoms with Gasteiger partial charge in [-0.15, -0.1) is 0 Å². The zero-order valence-corrected chi connectivity index (χ0v) is 12.4. The smallest absolute Gasteiger partial charge is 0.245 e. The first-order chi connectivity index (χ1) is 8.95. The third kappa shape index (κ3) is 2.44. The summed E-state index contributed by atoms with van der Waals surface area (Å²) in [7, 11) is 1.92. The molecule has 0 saturated carbocycles. The molecule has 19 heavy (non-hydrogen) atoms. The Labute approximate surface area is 120 Å². The molecule has 5 nitrogen and oxygen atoms in total. The molecule has 2 unspecified atom stereocenters. The number of benzene rings is 1. The van der Waals surface area contributed by atoms with Gasteiger partial charge in [0.25, 0.3) is 0 Å². The summed E-state index contributed by atoms with van der Waals surface area (Å²) in [5, 5.41) is 11.5. The highest BCUT2D eigenvalue weighted by molar-refractivity contribution is 9.10. The molecule has 0 fully saturated rings. The molecule has 0 spiro atoms. The van der Waals surface area contributed by atoms with E-state index in [2.05, 4.69) is 27.3 Å². The van der Waals surface area contributed by atoms with Crippen molar-refractivity contribution in [1.29, 1.82) is 5.26 Å². The van der Waals surface area contributed by atoms with Gasteiger partial charge in [0.05, 0.1) is 18.2 Å². The van der Waals surface area contributed by atoms with Gasteiger partial charge in [0.15, 0.2) is 0 Å². The van der Waals surface area contributed by atoms with E-state index in [9.17, 15) is 4.79 Å². The minimum atomic E-state index is -0.609. The van der Waals surface area contributed by atoms with Gasteiger partial charge in [-0.1, -0.05) is 0 Å². The highest BCUT2D eigenvalue weighted by atomic mass is 79.9. The lowest BCUT2D eigenvalue weighted by atomic mass is 10.1. The van der Waals surface area contributed by atoms with Gasteiger partial charge in [-0.05, 0) is 35.0 Å². The Morgan fingerprint density at radius 1 is 1.63 bits per heavy atom. The monoisotopic (exact) mass is 322 g/mol. The van der Waals surface area contributed by atoms with Crippen molar-refractivity contribution in [2.75, 3.05) is 17.3 Å². The van der Waals surface area contributed by atoms with Crippen molar-refractivity contribution in [2.24, 2.45) is 5.73 Å². The van der Waals surface area contributed by atoms with Crippen molar-refractivity contribution < 1.29 is 4.79 Å². The number of amides is 1. The average Bonchev–Trinajstić information content (AvgIpc) is 2.64. The fourth-order valence-corrected chi connectivity index (χ4v) is 2.71. The largest absolute Gasteiger partial charge is 0.370 e. The van der Waals surface area contributed by atoms with Gasteiger partial charge >= 0.3 is 0 Å². The molecular formula is C13H15BrN4O. The number of nitrogens with zero attached hydrogens (tertiary/aromatic N) is 2. The van der Waals surface area contributed by atoms with Gasteiger partial charge in [-0.2, -0.15) is 5.26 Å². The number of halogens is 1. The number of hydrogen-bond acceptors (Lipinski definition) is 4. The molecule has 1 heterocycles. The molecule has 100 valence electrons. The van der Waals surface area contributed by atoms with E-state index in [1.54, 1.807) is 0 Å². The maximum atomic E-state index is 11.6. The van der Waals surface area contributed by atoms with E-state index in [1.165, 1.54) is 0 Å². The summed E-state index contributed by atoms with van der Waals surface area (Å²) >= 11 is 3.50. The Balaban J connectivity index is 2.37. The van der Waals surface area contributed by atoms with Crippen LogP contribution in [0.3, 0.4) is 0 Å². The Bertz CT molecular complexity index is 566. The highest BCUT2D eigenvalue weighted by Crippen LogP contribution is 2.38. The van der Waals surface area contributed by atoms with Gasteiger partial charge in [0, 0.05) is 28.8 Å². The molecule has 1 aromatic carbocycles. The van der Waals surface area contributed by atoms with Crippen LogP contribution in [0.15, 0.2) is 16.6 Å². The summed E-state index contributed by atoms with van der Waals surface area (Å²) in [5.41, 5.74) is 8.27. The first kappa shape index (κ1) is 13.8. The molecule has 0 aromatic heterocycles. The second kappa shape index (κ2) is 5.19. The first-order valence-electron chi connectivity index (χ1n) is 5.95. The highest BCUT2D eigenvalue weighted by Gasteiger charge is 2.29. The van der Waals surface area contributed by atoms with Crippen LogP contribution in [0.25, 0.3) is 0 Å². The number of nitriles is 1. The minimum Gasteiger partial charge on any atom is -0.370 e. The van der Waals surface area contributed by atoms with Gasteiger partial charge in [-0.3, -0.25) is 4.79 Å². The van der Waals surface area contributed by atoms with Crippen molar-refractivity contribution >= 4 is 33.2 Å². The summed E-state index contributed by atoms with van der Waals surface area (Å²) in [6, 6.07) is 5.39. The summed E-state index contributed by atoms with van der Waals surface area (Å²) in [6.45, 7) is 1.98. The van der Waals surface area contributed by atoms with Crippen molar-refractivity contribution in [2.45, 2.75) is 25.4 Å². The SMILES string of the molecule is CC(CC#N)N(C)c1cc2c(cc1Br)C(N)C(=O)N2. The number of fused-ring (bicyclic) bond motifs is 1. The maximum absolute atomic E-state index is 11.6. The Hall–Kier alpha value is -1.58. The van der Waals surface area contributed by atoms with Crippen LogP contribution in [0, 0.1) is 11.3 Å². The van der Waals surface area contributed by atoms with Crippen LogP contribution in [-0.2, 0) is 4.79 Å². The van der Waals surface area contributed by atoms with E-state index in [-0.39, 0.29) is 11.9 Å². The van der Waals surface area contributed by atoms with Crippen LogP contribution >= 0.6 is 15.9 Å². The van der Waals surface area contributed by atoms with Crippen LogP contribution < -0.4 is 16.0 Å². The number of nitrogens with two attached hydrogens (primary N) is 1. The van der Waals surface area contributed by atoms with Gasteiger partial charge < -0.3 is 16.0 Å². The lowest BCUT2D eigenvalue weighted by Crippen LogP contribution is -2.28. The number of rotatable bonds is 3. The predicted molar refractivity (Wildman–Crippen MR) is 77.8 cm³/mol. The standard InChI is InChI=1S/C13H15BrN4O/c1-7(3-4-15)18(2)11-6-10-8(5-9(11)14)12(16)13(19)17-10/h5-7,12H,3,16H2,1-2H3,(H,17,19). The van der Waals surface area contributed by atoms with Crippen LogP contribution in [0.5, 0.6) is 0 Å². The average molecular weight is 323 g/mol. The number of nitrogens with one attached hydrogen (secondary N) is 1. The quantitative estimate of drug-likeness (QED) is 0.893. The molecule has 1 amide bonds. The molecule has 1 aliphatic rings. The molecule has 3 N–H and O–H groups in total. The third-order valence-corrected chi connectivity index (χ3v) is 4.06. The molecule has 1 aliphatic heterocycles. The topological polar surface area (TPSA) is 82.2 Å². The molecule has 0 saturated heterocycles. The maximum Gasteiger partial charge on any atom is 0.245 e. The first-order valence-corrected chi connectivity index (χ1v) is 6.74. The van der Waals surface area contributed by atoms with E-state index in [4.69, 9.17) is 11.0 Å². The van der Waals surface area contributed by atoms with E-state index in [1.807, 2.05) is 31.0 Å². The van der Waals surface area contributed by atoms with Crippen molar-refractivity contribution in [3.8, 4) is 6.07 Å². The summed E-state index contributed by atoms with van der Waals surface area (Å²) in [5.74, 6) is -0.188. The van der Waals surface area contributed by atoms with Crippen LogP contribution in [-0.4, -0.2) is 19.0 Å². The Morgan fingerprint density at radius 2 is 2.32 bits per heavy atom. The van der Waals surface area contributed by atoms with Crippen molar-refractivity contribution in [3.05, 3.63) is 22.2 Å². The van der Waals surface area contributed by atoms with Crippen molar-refractivity contribution in [1.82, 2.24) is 0 Å². The second-order valence-corrected chi connectivity index (χ2v) is 5.53. The Morgan fingerprint density at radius 3 is 2.95 bits per heavy atom. The fraction of sp³-hybridized carbons (Fsp3) is 0.385. The number of hydrogen-bond donors (Lipinski definition) is 2. The van der Waals surface area contributed by atoms with E-state index < -0.39 is 6.04 Å². The Kier molecular flexibility index (Phi) is 3.78. The van der Waals surface area contributed by atoms with Gasteiger partial charge in [0.1, 0.15) is 6.04 Å². The van der Waals surface area contributed by atoms with E-state index in [0.29, 0.717) is 6.42 Å². The zero-order valence-electron chi connectivity index (χ0n) is 10.8. The normalized spacial score (nSPS) is 18.5. The fourth-order valence-electron chi connectivity index (χ4n) is 2.07. The number of carbonyl (C=O) groups is 1. The summed E-state index contributed by atoms with van der Waals surface area (Å²) < 4.78 is 0.866.